The highest BCUT2D eigenvalue weighted by Crippen LogP contribution is 2.68. The molecule has 1 aliphatic rings. The van der Waals surface area contributed by atoms with Gasteiger partial charge in [0.1, 0.15) is 0 Å². The van der Waals surface area contributed by atoms with Crippen LogP contribution in [-0.4, -0.2) is 11.2 Å². The van der Waals surface area contributed by atoms with Gasteiger partial charge in [-0.15, -0.1) is 0 Å². The molecule has 3 atom stereocenters. The van der Waals surface area contributed by atoms with E-state index in [2.05, 4.69) is 34.6 Å². The second-order valence-corrected chi connectivity index (χ2v) is 6.23. The quantitative estimate of drug-likeness (QED) is 0.705. The number of rotatable bonds is 6. The lowest BCUT2D eigenvalue weighted by molar-refractivity contribution is 0.0838. The van der Waals surface area contributed by atoms with Gasteiger partial charge in [-0.3, -0.25) is 0 Å². The molecule has 0 saturated heterocycles. The van der Waals surface area contributed by atoms with Crippen LogP contribution in [0, 0.1) is 16.7 Å². The first-order valence-electron chi connectivity index (χ1n) is 6.56. The van der Waals surface area contributed by atoms with Crippen molar-refractivity contribution in [2.24, 2.45) is 16.7 Å². The summed E-state index contributed by atoms with van der Waals surface area (Å²) in [7, 11) is 0. The van der Waals surface area contributed by atoms with Gasteiger partial charge in [-0.2, -0.15) is 0 Å². The van der Waals surface area contributed by atoms with Crippen LogP contribution in [-0.2, 0) is 0 Å². The lowest BCUT2D eigenvalue weighted by Crippen LogP contribution is -2.22. The molecule has 3 unspecified atom stereocenters. The Kier molecular flexibility index (Phi) is 3.86. The van der Waals surface area contributed by atoms with Crippen LogP contribution >= 0.6 is 0 Å². The summed E-state index contributed by atoms with van der Waals surface area (Å²) in [5.41, 5.74) is 1.04. The van der Waals surface area contributed by atoms with Crippen LogP contribution in [0.1, 0.15) is 66.7 Å². The number of aliphatic hydroxyl groups is 1. The average molecular weight is 212 g/mol. The maximum absolute atomic E-state index is 9.97. The number of hydrogen-bond donors (Lipinski definition) is 1. The Morgan fingerprint density at radius 2 is 1.80 bits per heavy atom. The van der Waals surface area contributed by atoms with Crippen LogP contribution < -0.4 is 0 Å². The molecule has 0 bridgehead atoms. The van der Waals surface area contributed by atoms with E-state index in [-0.39, 0.29) is 6.10 Å². The molecule has 0 amide bonds. The SMILES string of the molecule is CCCC(O)C(C)CC1(CC)CC1(C)C. The zero-order chi connectivity index (χ0) is 11.7. The van der Waals surface area contributed by atoms with Gasteiger partial charge in [-0.05, 0) is 42.4 Å². The zero-order valence-electron chi connectivity index (χ0n) is 11.1. The second kappa shape index (κ2) is 4.45. The standard InChI is InChI=1S/C14H28O/c1-6-8-12(15)11(3)9-14(7-2)10-13(14,4)5/h11-12,15H,6-10H2,1-5H3. The summed E-state index contributed by atoms with van der Waals surface area (Å²) >= 11 is 0. The van der Waals surface area contributed by atoms with Crippen molar-refractivity contribution < 1.29 is 5.11 Å². The fourth-order valence-electron chi connectivity index (χ4n) is 3.23. The molecule has 15 heavy (non-hydrogen) atoms. The molecule has 0 aromatic rings. The van der Waals surface area contributed by atoms with Crippen LogP contribution in [0.2, 0.25) is 0 Å². The highest BCUT2D eigenvalue weighted by molar-refractivity contribution is 5.09. The molecule has 0 aromatic carbocycles. The lowest BCUT2D eigenvalue weighted by atomic mass is 9.82. The van der Waals surface area contributed by atoms with Gasteiger partial charge in [0.25, 0.3) is 0 Å². The summed E-state index contributed by atoms with van der Waals surface area (Å²) in [6, 6.07) is 0. The molecule has 1 N–H and O–H groups in total. The van der Waals surface area contributed by atoms with Crippen molar-refractivity contribution in [2.45, 2.75) is 72.8 Å². The monoisotopic (exact) mass is 212 g/mol. The van der Waals surface area contributed by atoms with E-state index in [0.717, 1.165) is 12.8 Å². The van der Waals surface area contributed by atoms with Crippen molar-refractivity contribution in [1.82, 2.24) is 0 Å². The van der Waals surface area contributed by atoms with E-state index in [0.29, 0.717) is 16.7 Å². The summed E-state index contributed by atoms with van der Waals surface area (Å²) < 4.78 is 0. The van der Waals surface area contributed by atoms with Gasteiger partial charge in [0, 0.05) is 0 Å². The molecule has 90 valence electrons. The molecule has 1 heteroatoms. The van der Waals surface area contributed by atoms with Crippen LogP contribution in [0.25, 0.3) is 0 Å². The highest BCUT2D eigenvalue weighted by atomic mass is 16.3. The molecule has 1 aliphatic carbocycles. The Labute approximate surface area is 95.3 Å². The maximum Gasteiger partial charge on any atom is 0.0565 e. The Bertz CT molecular complexity index is 209. The molecule has 1 nitrogen and oxygen atoms in total. The Hall–Kier alpha value is -0.0400. The third-order valence-electron chi connectivity index (χ3n) is 4.72. The van der Waals surface area contributed by atoms with E-state index in [4.69, 9.17) is 0 Å². The third kappa shape index (κ3) is 2.55. The summed E-state index contributed by atoms with van der Waals surface area (Å²) in [5, 5.41) is 9.97. The predicted octanol–water partition coefficient (Wildman–Crippen LogP) is 4.00. The smallest absolute Gasteiger partial charge is 0.0565 e. The molecule has 0 aromatic heterocycles. The van der Waals surface area contributed by atoms with Crippen molar-refractivity contribution in [2.75, 3.05) is 0 Å². The number of aliphatic hydroxyl groups excluding tert-OH is 1. The normalized spacial score (nSPS) is 32.4. The van der Waals surface area contributed by atoms with Crippen molar-refractivity contribution in [3.05, 3.63) is 0 Å². The van der Waals surface area contributed by atoms with Crippen molar-refractivity contribution >= 4 is 0 Å². The second-order valence-electron chi connectivity index (χ2n) is 6.23. The van der Waals surface area contributed by atoms with Crippen molar-refractivity contribution in [3.63, 3.8) is 0 Å². The molecule has 0 spiro atoms. The van der Waals surface area contributed by atoms with E-state index in [9.17, 15) is 5.11 Å². The molecular formula is C14H28O. The molecule has 1 fully saturated rings. The topological polar surface area (TPSA) is 20.2 Å². The molecule has 1 rings (SSSR count). The van der Waals surface area contributed by atoms with E-state index >= 15 is 0 Å². The van der Waals surface area contributed by atoms with Crippen molar-refractivity contribution in [3.8, 4) is 0 Å². The minimum absolute atomic E-state index is 0.0881. The molecule has 1 saturated carbocycles. The maximum atomic E-state index is 9.97. The fraction of sp³-hybridized carbons (Fsp3) is 1.00. The largest absolute Gasteiger partial charge is 0.393 e. The first-order valence-corrected chi connectivity index (χ1v) is 6.56. The first kappa shape index (κ1) is 13.0. The van der Waals surface area contributed by atoms with Crippen LogP contribution in [0.4, 0.5) is 0 Å². The van der Waals surface area contributed by atoms with Gasteiger partial charge in [0.2, 0.25) is 0 Å². The van der Waals surface area contributed by atoms with Gasteiger partial charge in [0.15, 0.2) is 0 Å². The van der Waals surface area contributed by atoms with Crippen LogP contribution in [0.5, 0.6) is 0 Å². The zero-order valence-corrected chi connectivity index (χ0v) is 11.1. The van der Waals surface area contributed by atoms with E-state index in [1.165, 1.54) is 19.3 Å². The molecule has 0 radical (unpaired) electrons. The third-order valence-corrected chi connectivity index (χ3v) is 4.72. The van der Waals surface area contributed by atoms with Gasteiger partial charge in [0.05, 0.1) is 6.10 Å². The average Bonchev–Trinajstić information content (AvgIpc) is 2.69. The lowest BCUT2D eigenvalue weighted by Gasteiger charge is -2.26. The highest BCUT2D eigenvalue weighted by Gasteiger charge is 2.59. The summed E-state index contributed by atoms with van der Waals surface area (Å²) in [6.45, 7) is 11.4. The predicted molar refractivity (Wildman–Crippen MR) is 65.8 cm³/mol. The van der Waals surface area contributed by atoms with Gasteiger partial charge in [-0.25, -0.2) is 0 Å². The van der Waals surface area contributed by atoms with Gasteiger partial charge < -0.3 is 5.11 Å². The first-order chi connectivity index (χ1) is 6.88. The summed E-state index contributed by atoms with van der Waals surface area (Å²) in [6.07, 6.45) is 5.78. The fourth-order valence-corrected chi connectivity index (χ4v) is 3.23. The molecule has 0 aliphatic heterocycles. The summed E-state index contributed by atoms with van der Waals surface area (Å²) in [4.78, 5) is 0. The van der Waals surface area contributed by atoms with Gasteiger partial charge >= 0.3 is 0 Å². The molecular weight excluding hydrogens is 184 g/mol. The van der Waals surface area contributed by atoms with Gasteiger partial charge in [-0.1, -0.05) is 41.0 Å². The van der Waals surface area contributed by atoms with Crippen LogP contribution in [0.3, 0.4) is 0 Å². The van der Waals surface area contributed by atoms with Crippen molar-refractivity contribution in [1.29, 1.82) is 0 Å². The van der Waals surface area contributed by atoms with E-state index in [1.54, 1.807) is 0 Å². The summed E-state index contributed by atoms with van der Waals surface area (Å²) in [5.74, 6) is 0.465. The minimum atomic E-state index is -0.0881. The van der Waals surface area contributed by atoms with E-state index < -0.39 is 0 Å². The van der Waals surface area contributed by atoms with E-state index in [1.807, 2.05) is 0 Å². The minimum Gasteiger partial charge on any atom is -0.393 e. The Morgan fingerprint density at radius 1 is 1.27 bits per heavy atom. The Morgan fingerprint density at radius 3 is 2.13 bits per heavy atom. The van der Waals surface area contributed by atoms with Crippen LogP contribution in [0.15, 0.2) is 0 Å². The Balaban J connectivity index is 2.47. The molecule has 0 heterocycles. The number of hydrogen-bond acceptors (Lipinski definition) is 1.